The average molecular weight is 309 g/mol. The maximum Gasteiger partial charge on any atom is 0.258 e. The molecule has 0 aromatic heterocycles. The van der Waals surface area contributed by atoms with Crippen molar-refractivity contribution >= 4 is 17.5 Å². The average Bonchev–Trinajstić information content (AvgIpc) is 2.44. The van der Waals surface area contributed by atoms with Crippen molar-refractivity contribution in [3.05, 3.63) is 29.3 Å². The van der Waals surface area contributed by atoms with E-state index in [-0.39, 0.29) is 18.6 Å². The Balaban J connectivity index is 1.45. The molecule has 0 radical (unpaired) electrons. The molecule has 2 aliphatic rings. The summed E-state index contributed by atoms with van der Waals surface area (Å²) in [7, 11) is 0. The topological polar surface area (TPSA) is 50.4 Å². The van der Waals surface area contributed by atoms with Crippen molar-refractivity contribution in [3.63, 3.8) is 0 Å². The molecule has 1 atom stereocenters. The molecule has 1 saturated heterocycles. The number of carbonyl (C=O) groups excluding carboxylic acids is 1. The maximum absolute atomic E-state index is 12.0. The van der Waals surface area contributed by atoms with Crippen LogP contribution >= 0.6 is 11.6 Å². The Kier molecular flexibility index (Phi) is 4.36. The van der Waals surface area contributed by atoms with E-state index in [1.807, 2.05) is 6.07 Å². The smallest absolute Gasteiger partial charge is 0.258 e. The first-order chi connectivity index (χ1) is 10.2. The molecule has 2 N–H and O–H groups in total. The number of carbonyl (C=O) groups is 1. The van der Waals surface area contributed by atoms with Gasteiger partial charge >= 0.3 is 0 Å². The number of halogens is 1. The van der Waals surface area contributed by atoms with Gasteiger partial charge in [0.2, 0.25) is 0 Å². The van der Waals surface area contributed by atoms with Crippen LogP contribution in [-0.4, -0.2) is 30.6 Å². The second kappa shape index (κ2) is 6.24. The van der Waals surface area contributed by atoms with Gasteiger partial charge in [0.05, 0.1) is 0 Å². The van der Waals surface area contributed by atoms with Crippen molar-refractivity contribution in [1.29, 1.82) is 0 Å². The fraction of sp³-hybridized carbons (Fsp3) is 0.562. The van der Waals surface area contributed by atoms with Gasteiger partial charge in [-0.2, -0.15) is 0 Å². The van der Waals surface area contributed by atoms with Crippen LogP contribution in [0.2, 0.25) is 5.02 Å². The van der Waals surface area contributed by atoms with E-state index >= 15 is 0 Å². The number of piperidine rings is 1. The van der Waals surface area contributed by atoms with Crippen LogP contribution < -0.4 is 15.4 Å². The van der Waals surface area contributed by atoms with E-state index in [2.05, 4.69) is 10.6 Å². The molecule has 1 aromatic carbocycles. The van der Waals surface area contributed by atoms with E-state index in [4.69, 9.17) is 16.3 Å². The van der Waals surface area contributed by atoms with Gasteiger partial charge in [0, 0.05) is 16.6 Å². The van der Waals surface area contributed by atoms with Crippen molar-refractivity contribution in [2.24, 2.45) is 0 Å². The molecule has 1 aromatic rings. The Labute approximate surface area is 130 Å². The third-order valence-electron chi connectivity index (χ3n) is 4.47. The molecule has 1 spiro atoms. The SMILES string of the molecule is O=C(COc1cccc(Cl)c1)NC1CCNC2(CCC2)C1. The van der Waals surface area contributed by atoms with Crippen molar-refractivity contribution in [2.45, 2.75) is 43.7 Å². The van der Waals surface area contributed by atoms with E-state index in [1.54, 1.807) is 18.2 Å². The summed E-state index contributed by atoms with van der Waals surface area (Å²) in [5, 5.41) is 7.30. The Bertz CT molecular complexity index is 517. The van der Waals surface area contributed by atoms with Crippen molar-refractivity contribution < 1.29 is 9.53 Å². The molecule has 114 valence electrons. The number of nitrogens with one attached hydrogen (secondary N) is 2. The zero-order valence-electron chi connectivity index (χ0n) is 12.0. The predicted molar refractivity (Wildman–Crippen MR) is 82.7 cm³/mol. The molecule has 2 fully saturated rings. The van der Waals surface area contributed by atoms with Gasteiger partial charge in [-0.25, -0.2) is 0 Å². The van der Waals surface area contributed by atoms with Gasteiger partial charge in [-0.3, -0.25) is 4.79 Å². The summed E-state index contributed by atoms with van der Waals surface area (Å²) in [5.41, 5.74) is 0.296. The van der Waals surface area contributed by atoms with Gasteiger partial charge in [0.25, 0.3) is 5.91 Å². The number of ether oxygens (including phenoxy) is 1. The minimum atomic E-state index is -0.0589. The quantitative estimate of drug-likeness (QED) is 0.898. The van der Waals surface area contributed by atoms with Crippen LogP contribution in [0.3, 0.4) is 0 Å². The van der Waals surface area contributed by atoms with Gasteiger partial charge in [-0.05, 0) is 56.8 Å². The van der Waals surface area contributed by atoms with E-state index in [0.29, 0.717) is 16.3 Å². The number of benzene rings is 1. The number of hydrogen-bond acceptors (Lipinski definition) is 3. The highest BCUT2D eigenvalue weighted by Gasteiger charge is 2.41. The second-order valence-corrected chi connectivity index (χ2v) is 6.50. The van der Waals surface area contributed by atoms with E-state index in [0.717, 1.165) is 19.4 Å². The molecular formula is C16H21ClN2O2. The monoisotopic (exact) mass is 308 g/mol. The summed E-state index contributed by atoms with van der Waals surface area (Å²) in [6.07, 6.45) is 5.79. The van der Waals surface area contributed by atoms with Crippen LogP contribution in [0.1, 0.15) is 32.1 Å². The lowest BCUT2D eigenvalue weighted by atomic mass is 9.70. The Hall–Kier alpha value is -1.26. The summed E-state index contributed by atoms with van der Waals surface area (Å²) in [5.74, 6) is 0.565. The summed E-state index contributed by atoms with van der Waals surface area (Å²) in [6, 6.07) is 7.36. The third-order valence-corrected chi connectivity index (χ3v) is 4.71. The lowest BCUT2D eigenvalue weighted by Crippen LogP contribution is -2.60. The van der Waals surface area contributed by atoms with Crippen LogP contribution in [0.5, 0.6) is 5.75 Å². The molecule has 1 aliphatic carbocycles. The van der Waals surface area contributed by atoms with E-state index in [1.165, 1.54) is 19.3 Å². The summed E-state index contributed by atoms with van der Waals surface area (Å²) in [4.78, 5) is 12.0. The van der Waals surface area contributed by atoms with Gasteiger partial charge in [0.15, 0.2) is 6.61 Å². The summed E-state index contributed by atoms with van der Waals surface area (Å²) >= 11 is 5.88. The minimum Gasteiger partial charge on any atom is -0.484 e. The van der Waals surface area contributed by atoms with Crippen LogP contribution in [-0.2, 0) is 4.79 Å². The normalized spacial score (nSPS) is 23.4. The third kappa shape index (κ3) is 3.69. The molecule has 1 unspecified atom stereocenters. The molecule has 1 saturated carbocycles. The standard InChI is InChI=1S/C16H21ClN2O2/c17-12-3-1-4-14(9-12)21-11-15(20)19-13-5-8-18-16(10-13)6-2-7-16/h1,3-4,9,13,18H,2,5-8,10-11H2,(H,19,20). The highest BCUT2D eigenvalue weighted by molar-refractivity contribution is 6.30. The first-order valence-electron chi connectivity index (χ1n) is 7.58. The van der Waals surface area contributed by atoms with Crippen LogP contribution in [0.15, 0.2) is 24.3 Å². The number of amides is 1. The van der Waals surface area contributed by atoms with E-state index in [9.17, 15) is 4.79 Å². The zero-order chi connectivity index (χ0) is 14.7. The van der Waals surface area contributed by atoms with Gasteiger partial charge in [-0.15, -0.1) is 0 Å². The molecule has 21 heavy (non-hydrogen) atoms. The summed E-state index contributed by atoms with van der Waals surface area (Å²) in [6.45, 7) is 1.03. The lowest BCUT2D eigenvalue weighted by molar-refractivity contribution is -0.124. The van der Waals surface area contributed by atoms with E-state index < -0.39 is 0 Å². The van der Waals surface area contributed by atoms with Gasteiger partial charge in [-0.1, -0.05) is 17.7 Å². The molecular weight excluding hydrogens is 288 g/mol. The largest absolute Gasteiger partial charge is 0.484 e. The first-order valence-corrected chi connectivity index (χ1v) is 7.96. The molecule has 0 bridgehead atoms. The van der Waals surface area contributed by atoms with Crippen LogP contribution in [0, 0.1) is 0 Å². The highest BCUT2D eigenvalue weighted by Crippen LogP contribution is 2.38. The Morgan fingerprint density at radius 2 is 2.33 bits per heavy atom. The Morgan fingerprint density at radius 3 is 3.05 bits per heavy atom. The molecule has 1 amide bonds. The van der Waals surface area contributed by atoms with Gasteiger partial charge < -0.3 is 15.4 Å². The maximum atomic E-state index is 12.0. The number of rotatable bonds is 4. The molecule has 1 heterocycles. The van der Waals surface area contributed by atoms with Gasteiger partial charge in [0.1, 0.15) is 5.75 Å². The van der Waals surface area contributed by atoms with Crippen molar-refractivity contribution in [1.82, 2.24) is 10.6 Å². The summed E-state index contributed by atoms with van der Waals surface area (Å²) < 4.78 is 5.47. The number of hydrogen-bond donors (Lipinski definition) is 2. The molecule has 5 heteroatoms. The molecule has 3 rings (SSSR count). The van der Waals surface area contributed by atoms with Crippen LogP contribution in [0.4, 0.5) is 0 Å². The molecule has 1 aliphatic heterocycles. The predicted octanol–water partition coefficient (Wildman–Crippen LogP) is 2.51. The van der Waals surface area contributed by atoms with Crippen molar-refractivity contribution in [3.8, 4) is 5.75 Å². The minimum absolute atomic E-state index is 0.0390. The molecule has 4 nitrogen and oxygen atoms in total. The zero-order valence-corrected chi connectivity index (χ0v) is 12.8. The highest BCUT2D eigenvalue weighted by atomic mass is 35.5. The fourth-order valence-electron chi connectivity index (χ4n) is 3.24. The second-order valence-electron chi connectivity index (χ2n) is 6.06. The van der Waals surface area contributed by atoms with Crippen molar-refractivity contribution in [2.75, 3.05) is 13.2 Å². The van der Waals surface area contributed by atoms with Crippen LogP contribution in [0.25, 0.3) is 0 Å². The Morgan fingerprint density at radius 1 is 1.48 bits per heavy atom. The first kappa shape index (κ1) is 14.7. The fourth-order valence-corrected chi connectivity index (χ4v) is 3.42. The lowest BCUT2D eigenvalue weighted by Gasteiger charge is -2.48.